The van der Waals surface area contributed by atoms with Gasteiger partial charge in [-0.2, -0.15) is 18.3 Å². The molecule has 0 radical (unpaired) electrons. The number of aromatic amines is 1. The topological polar surface area (TPSA) is 118 Å². The summed E-state index contributed by atoms with van der Waals surface area (Å²) in [5.74, 6) is -1.35. The Morgan fingerprint density at radius 2 is 2.00 bits per heavy atom. The maximum Gasteiger partial charge on any atom is 0.390 e. The highest BCUT2D eigenvalue weighted by atomic mass is 32.2. The number of nitrogens with zero attached hydrogens (tertiary/aromatic N) is 1. The lowest BCUT2D eigenvalue weighted by molar-refractivity contribution is -0.133. The molecule has 1 aromatic rings. The summed E-state index contributed by atoms with van der Waals surface area (Å²) in [4.78, 5) is 11.3. The minimum atomic E-state index is -4.43. The van der Waals surface area contributed by atoms with E-state index >= 15 is 0 Å². The van der Waals surface area contributed by atoms with E-state index in [0.29, 0.717) is 0 Å². The summed E-state index contributed by atoms with van der Waals surface area (Å²) in [5, 5.41) is 12.9. The number of hydrogen-bond donors (Lipinski definition) is 3. The molecule has 1 rings (SSSR count). The second-order valence-corrected chi connectivity index (χ2v) is 6.13. The molecule has 4 N–H and O–H groups in total. The second-order valence-electron chi connectivity index (χ2n) is 4.64. The van der Waals surface area contributed by atoms with E-state index in [1.807, 2.05) is 5.32 Å². The Balaban J connectivity index is 3.01. The van der Waals surface area contributed by atoms with E-state index in [2.05, 4.69) is 10.2 Å². The van der Waals surface area contributed by atoms with Crippen molar-refractivity contribution in [3.8, 4) is 0 Å². The zero-order valence-corrected chi connectivity index (χ0v) is 12.1. The quantitative estimate of drug-likeness (QED) is 0.743. The number of alkyl halides is 3. The number of carbonyl (C=O) groups is 1. The molecule has 0 saturated heterocycles. The van der Waals surface area contributed by atoms with Crippen LogP contribution in [0.4, 0.5) is 13.2 Å². The monoisotopic (exact) mass is 328 g/mol. The van der Waals surface area contributed by atoms with Crippen LogP contribution in [0.5, 0.6) is 0 Å². The lowest BCUT2D eigenvalue weighted by Gasteiger charge is -2.08. The first-order valence-corrected chi connectivity index (χ1v) is 7.44. The summed E-state index contributed by atoms with van der Waals surface area (Å²) in [6, 6.07) is 0. The Morgan fingerprint density at radius 1 is 1.43 bits per heavy atom. The van der Waals surface area contributed by atoms with Gasteiger partial charge in [0.05, 0.1) is 12.1 Å². The van der Waals surface area contributed by atoms with Crippen LogP contribution in [0.2, 0.25) is 0 Å². The summed E-state index contributed by atoms with van der Waals surface area (Å²) >= 11 is 0. The molecule has 11 heteroatoms. The second kappa shape index (κ2) is 6.02. The number of amides is 1. The average Bonchev–Trinajstić information content (AvgIpc) is 2.70. The van der Waals surface area contributed by atoms with Gasteiger partial charge in [-0.1, -0.05) is 13.8 Å². The number of rotatable bonds is 5. The van der Waals surface area contributed by atoms with Gasteiger partial charge in [0.2, 0.25) is 10.0 Å². The van der Waals surface area contributed by atoms with Crippen molar-refractivity contribution in [1.82, 2.24) is 15.5 Å². The van der Waals surface area contributed by atoms with Crippen molar-refractivity contribution in [3.05, 3.63) is 11.4 Å². The smallest absolute Gasteiger partial charge is 0.350 e. The fourth-order valence-electron chi connectivity index (χ4n) is 1.58. The van der Waals surface area contributed by atoms with Crippen LogP contribution in [0.15, 0.2) is 4.90 Å². The van der Waals surface area contributed by atoms with Crippen molar-refractivity contribution in [3.63, 3.8) is 0 Å². The molecule has 0 saturated carbocycles. The van der Waals surface area contributed by atoms with Crippen molar-refractivity contribution in [2.45, 2.75) is 37.3 Å². The number of H-pyrrole nitrogens is 1. The van der Waals surface area contributed by atoms with Gasteiger partial charge in [-0.3, -0.25) is 9.89 Å². The molecule has 120 valence electrons. The standard InChI is InChI=1S/C10H15F3N4O3S/c1-5(2)6-8(21(14,19)20)7(17-16-6)9(18)15-4-3-10(11,12)13/h5H,3-4H2,1-2H3,(H,15,18)(H,16,17)(H2,14,19,20). The highest BCUT2D eigenvalue weighted by Crippen LogP contribution is 2.24. The van der Waals surface area contributed by atoms with Crippen LogP contribution in [0, 0.1) is 0 Å². The number of halogens is 3. The first-order chi connectivity index (χ1) is 9.43. The van der Waals surface area contributed by atoms with Gasteiger partial charge in [-0.15, -0.1) is 0 Å². The van der Waals surface area contributed by atoms with Crippen LogP contribution in [-0.4, -0.2) is 37.2 Å². The highest BCUT2D eigenvalue weighted by molar-refractivity contribution is 7.89. The van der Waals surface area contributed by atoms with Crippen molar-refractivity contribution in [2.24, 2.45) is 5.14 Å². The summed E-state index contributed by atoms with van der Waals surface area (Å²) < 4.78 is 59.1. The number of primary sulfonamides is 1. The predicted octanol–water partition coefficient (Wildman–Crippen LogP) is 0.863. The number of nitrogens with one attached hydrogen (secondary N) is 2. The Bertz CT molecular complexity index is 622. The van der Waals surface area contributed by atoms with Gasteiger partial charge >= 0.3 is 6.18 Å². The molecule has 0 bridgehead atoms. The average molecular weight is 328 g/mol. The fraction of sp³-hybridized carbons (Fsp3) is 0.600. The van der Waals surface area contributed by atoms with E-state index in [4.69, 9.17) is 5.14 Å². The summed E-state index contributed by atoms with van der Waals surface area (Å²) in [7, 11) is -4.24. The summed E-state index contributed by atoms with van der Waals surface area (Å²) in [5.41, 5.74) is -0.415. The lowest BCUT2D eigenvalue weighted by atomic mass is 10.1. The Labute approximate surface area is 119 Å². The van der Waals surface area contributed by atoms with Crippen molar-refractivity contribution in [2.75, 3.05) is 6.54 Å². The molecule has 0 aliphatic rings. The van der Waals surface area contributed by atoms with Crippen molar-refractivity contribution < 1.29 is 26.4 Å². The molecule has 1 heterocycles. The third kappa shape index (κ3) is 4.70. The highest BCUT2D eigenvalue weighted by Gasteiger charge is 2.30. The zero-order valence-electron chi connectivity index (χ0n) is 11.3. The number of nitrogens with two attached hydrogens (primary N) is 1. The van der Waals surface area contributed by atoms with Gasteiger partial charge in [-0.05, 0) is 5.92 Å². The predicted molar refractivity (Wildman–Crippen MR) is 67.1 cm³/mol. The molecule has 0 aromatic carbocycles. The lowest BCUT2D eigenvalue weighted by Crippen LogP contribution is -2.30. The largest absolute Gasteiger partial charge is 0.390 e. The number of hydrogen-bond acceptors (Lipinski definition) is 4. The van der Waals surface area contributed by atoms with Crippen LogP contribution >= 0.6 is 0 Å². The molecule has 21 heavy (non-hydrogen) atoms. The van der Waals surface area contributed by atoms with Gasteiger partial charge < -0.3 is 5.32 Å². The molecule has 0 aliphatic heterocycles. The van der Waals surface area contributed by atoms with Crippen LogP contribution < -0.4 is 10.5 Å². The molecular formula is C10H15F3N4O3S. The van der Waals surface area contributed by atoms with Gasteiger partial charge in [0.15, 0.2) is 5.69 Å². The van der Waals surface area contributed by atoms with Gasteiger partial charge in [0.25, 0.3) is 5.91 Å². The van der Waals surface area contributed by atoms with Gasteiger partial charge in [-0.25, -0.2) is 13.6 Å². The molecule has 0 spiro atoms. The molecule has 1 amide bonds. The third-order valence-electron chi connectivity index (χ3n) is 2.52. The van der Waals surface area contributed by atoms with E-state index in [1.54, 1.807) is 13.8 Å². The third-order valence-corrected chi connectivity index (χ3v) is 3.50. The maximum atomic E-state index is 12.0. The molecule has 0 fully saturated rings. The van der Waals surface area contributed by atoms with E-state index in [1.165, 1.54) is 0 Å². The van der Waals surface area contributed by atoms with Crippen LogP contribution in [-0.2, 0) is 10.0 Å². The van der Waals surface area contributed by atoms with E-state index < -0.39 is 45.7 Å². The van der Waals surface area contributed by atoms with Gasteiger partial charge in [0.1, 0.15) is 4.90 Å². The van der Waals surface area contributed by atoms with Crippen molar-refractivity contribution in [1.29, 1.82) is 0 Å². The summed E-state index contributed by atoms with van der Waals surface area (Å²) in [6.07, 6.45) is -5.66. The SMILES string of the molecule is CC(C)c1[nH]nc(C(=O)NCCC(F)(F)F)c1S(N)(=O)=O. The molecule has 0 unspecified atom stereocenters. The number of sulfonamides is 1. The summed E-state index contributed by atoms with van der Waals surface area (Å²) in [6.45, 7) is 2.61. The minimum Gasteiger partial charge on any atom is -0.350 e. The fourth-order valence-corrected chi connectivity index (χ4v) is 2.58. The Hall–Kier alpha value is -1.62. The van der Waals surface area contributed by atoms with Crippen LogP contribution in [0.25, 0.3) is 0 Å². The Kier molecular flexibility index (Phi) is 4.99. The van der Waals surface area contributed by atoms with Crippen LogP contribution in [0.3, 0.4) is 0 Å². The molecule has 1 aromatic heterocycles. The van der Waals surface area contributed by atoms with Crippen LogP contribution in [0.1, 0.15) is 42.4 Å². The first kappa shape index (κ1) is 17.4. The molecule has 0 aliphatic carbocycles. The minimum absolute atomic E-state index is 0.124. The number of aromatic nitrogens is 2. The van der Waals surface area contributed by atoms with E-state index in [9.17, 15) is 26.4 Å². The Morgan fingerprint density at radius 3 is 2.43 bits per heavy atom. The van der Waals surface area contributed by atoms with E-state index in [-0.39, 0.29) is 11.6 Å². The first-order valence-electron chi connectivity index (χ1n) is 5.89. The molecule has 7 nitrogen and oxygen atoms in total. The maximum absolute atomic E-state index is 12.0. The van der Waals surface area contributed by atoms with E-state index in [0.717, 1.165) is 0 Å². The normalized spacial score (nSPS) is 12.7. The molecular weight excluding hydrogens is 313 g/mol. The molecule has 0 atom stereocenters. The number of carbonyl (C=O) groups excluding carboxylic acids is 1. The zero-order chi connectivity index (χ0) is 16.4. The van der Waals surface area contributed by atoms with Crippen molar-refractivity contribution >= 4 is 15.9 Å². The van der Waals surface area contributed by atoms with Gasteiger partial charge in [0, 0.05) is 6.54 Å².